The first-order valence-electron chi connectivity index (χ1n) is 14.3. The van der Waals surface area contributed by atoms with Crippen LogP contribution >= 0.6 is 11.6 Å². The molecule has 0 aliphatic rings. The van der Waals surface area contributed by atoms with E-state index < -0.39 is 23.4 Å². The van der Waals surface area contributed by atoms with Gasteiger partial charge in [0.2, 0.25) is 0 Å². The Kier molecular flexibility index (Phi) is 9.43. The number of carboxylic acid groups (broad SMARTS) is 1. The molecule has 45 heavy (non-hydrogen) atoms. The van der Waals surface area contributed by atoms with E-state index in [1.54, 1.807) is 30.3 Å². The summed E-state index contributed by atoms with van der Waals surface area (Å²) in [5, 5.41) is 14.1. The van der Waals surface area contributed by atoms with Crippen molar-refractivity contribution in [1.29, 1.82) is 0 Å². The maximum Gasteiger partial charge on any atom is 0.416 e. The highest BCUT2D eigenvalue weighted by atomic mass is 35.5. The van der Waals surface area contributed by atoms with Crippen molar-refractivity contribution in [2.45, 2.75) is 38.8 Å². The van der Waals surface area contributed by atoms with Crippen molar-refractivity contribution < 1.29 is 27.8 Å². The van der Waals surface area contributed by atoms with E-state index in [9.17, 15) is 27.9 Å². The van der Waals surface area contributed by atoms with Crippen LogP contribution in [0.5, 0.6) is 5.75 Å². The van der Waals surface area contributed by atoms with E-state index in [1.165, 1.54) is 16.7 Å². The molecule has 0 saturated carbocycles. The normalized spacial score (nSPS) is 11.5. The number of aromatic nitrogens is 3. The largest absolute Gasteiger partial charge is 0.494 e. The van der Waals surface area contributed by atoms with Crippen LogP contribution in [0.3, 0.4) is 0 Å². The molecule has 0 spiro atoms. The quantitative estimate of drug-likeness (QED) is 0.162. The third-order valence-electron chi connectivity index (χ3n) is 7.23. The third kappa shape index (κ3) is 7.29. The summed E-state index contributed by atoms with van der Waals surface area (Å²) >= 11 is 6.43. The zero-order chi connectivity index (χ0) is 32.1. The van der Waals surface area contributed by atoms with Crippen molar-refractivity contribution in [2.24, 2.45) is 0 Å². The van der Waals surface area contributed by atoms with Gasteiger partial charge in [0.05, 0.1) is 35.0 Å². The molecule has 1 N–H and O–H groups in total. The standard InChI is InChI=1S/C34H29ClF3N3O4/c1-2-45-30-19-14-24(20-25(30)21-32(42)43)23-12-10-22(11-13-23)6-5-9-31-39-41(27-17-15-26(16-18-27)34(36,37)38)33(44)40(31)29-8-4-3-7-28(29)35/h3-4,7-8,10-20H,2,5-6,9,21H2,1H3,(H,42,43). The molecule has 1 heterocycles. The highest BCUT2D eigenvalue weighted by molar-refractivity contribution is 6.32. The molecule has 232 valence electrons. The monoisotopic (exact) mass is 635 g/mol. The van der Waals surface area contributed by atoms with Crippen LogP contribution in [-0.4, -0.2) is 32.0 Å². The lowest BCUT2D eigenvalue weighted by atomic mass is 9.98. The predicted molar refractivity (Wildman–Crippen MR) is 166 cm³/mol. The zero-order valence-electron chi connectivity index (χ0n) is 24.2. The van der Waals surface area contributed by atoms with Crippen LogP contribution in [0.25, 0.3) is 22.5 Å². The van der Waals surface area contributed by atoms with Crippen molar-refractivity contribution in [1.82, 2.24) is 14.3 Å². The fraction of sp³-hybridized carbons (Fsp3) is 0.206. The molecular formula is C34H29ClF3N3O4. The molecule has 5 rings (SSSR count). The van der Waals surface area contributed by atoms with Crippen molar-refractivity contribution in [2.75, 3.05) is 6.61 Å². The van der Waals surface area contributed by atoms with Gasteiger partial charge in [-0.2, -0.15) is 17.9 Å². The van der Waals surface area contributed by atoms with Gasteiger partial charge >= 0.3 is 17.8 Å². The number of alkyl halides is 3. The second kappa shape index (κ2) is 13.4. The van der Waals surface area contributed by atoms with E-state index in [2.05, 4.69) is 5.10 Å². The van der Waals surface area contributed by atoms with Gasteiger partial charge in [0.1, 0.15) is 11.6 Å². The van der Waals surface area contributed by atoms with Gasteiger partial charge in [0.25, 0.3) is 0 Å². The van der Waals surface area contributed by atoms with E-state index in [1.807, 2.05) is 43.3 Å². The van der Waals surface area contributed by atoms with Crippen LogP contribution in [0.4, 0.5) is 13.2 Å². The Morgan fingerprint density at radius 3 is 2.27 bits per heavy atom. The van der Waals surface area contributed by atoms with Crippen LogP contribution in [-0.2, 0) is 30.2 Å². The van der Waals surface area contributed by atoms with Crippen LogP contribution in [0, 0.1) is 0 Å². The topological polar surface area (TPSA) is 86.4 Å². The van der Waals surface area contributed by atoms with Gasteiger partial charge in [-0.05, 0) is 85.0 Å². The molecule has 4 aromatic carbocycles. The fourth-order valence-corrected chi connectivity index (χ4v) is 5.30. The van der Waals surface area contributed by atoms with Gasteiger partial charge in [-0.3, -0.25) is 4.79 Å². The number of aliphatic carboxylic acids is 1. The Hall–Kier alpha value is -4.83. The summed E-state index contributed by atoms with van der Waals surface area (Å²) in [4.78, 5) is 24.9. The Morgan fingerprint density at radius 1 is 0.933 bits per heavy atom. The van der Waals surface area contributed by atoms with Gasteiger partial charge in [-0.1, -0.05) is 54.1 Å². The number of halogens is 4. The molecule has 11 heteroatoms. The second-order valence-electron chi connectivity index (χ2n) is 10.3. The molecule has 0 aliphatic carbocycles. The number of benzene rings is 4. The molecule has 1 aromatic heterocycles. The first-order valence-corrected chi connectivity index (χ1v) is 14.6. The fourth-order valence-electron chi connectivity index (χ4n) is 5.08. The van der Waals surface area contributed by atoms with Gasteiger partial charge < -0.3 is 9.84 Å². The van der Waals surface area contributed by atoms with E-state index >= 15 is 0 Å². The lowest BCUT2D eigenvalue weighted by molar-refractivity contribution is -0.138. The smallest absolute Gasteiger partial charge is 0.416 e. The van der Waals surface area contributed by atoms with Crippen LogP contribution < -0.4 is 10.4 Å². The summed E-state index contributed by atoms with van der Waals surface area (Å²) in [7, 11) is 0. The van der Waals surface area contributed by atoms with Gasteiger partial charge in [-0.25, -0.2) is 9.36 Å². The number of ether oxygens (including phenoxy) is 1. The number of aryl methyl sites for hydroxylation is 2. The van der Waals surface area contributed by atoms with Crippen molar-refractivity contribution in [3.8, 4) is 28.3 Å². The number of nitrogens with zero attached hydrogens (tertiary/aromatic N) is 3. The number of para-hydroxylation sites is 1. The summed E-state index contributed by atoms with van der Waals surface area (Å²) in [6, 6.07) is 24.5. The van der Waals surface area contributed by atoms with Crippen LogP contribution in [0.2, 0.25) is 5.02 Å². The van der Waals surface area contributed by atoms with E-state index in [4.69, 9.17) is 16.3 Å². The number of carbonyl (C=O) groups is 1. The minimum atomic E-state index is -4.50. The van der Waals surface area contributed by atoms with E-state index in [-0.39, 0.29) is 12.1 Å². The molecule has 7 nitrogen and oxygen atoms in total. The maximum absolute atomic E-state index is 13.5. The van der Waals surface area contributed by atoms with Gasteiger partial charge in [-0.15, -0.1) is 5.10 Å². The minimum absolute atomic E-state index is 0.144. The van der Waals surface area contributed by atoms with Crippen LogP contribution in [0.15, 0.2) is 95.8 Å². The molecule has 0 radical (unpaired) electrons. The molecule has 0 aliphatic heterocycles. The number of hydrogen-bond acceptors (Lipinski definition) is 4. The average Bonchev–Trinajstić information content (AvgIpc) is 3.33. The van der Waals surface area contributed by atoms with Crippen molar-refractivity contribution in [3.63, 3.8) is 0 Å². The summed E-state index contributed by atoms with van der Waals surface area (Å²) in [6.07, 6.45) is -2.96. The Balaban J connectivity index is 1.36. The second-order valence-corrected chi connectivity index (χ2v) is 10.7. The molecular weight excluding hydrogens is 607 g/mol. The molecule has 0 unspecified atom stereocenters. The maximum atomic E-state index is 13.5. The molecule has 0 amide bonds. The average molecular weight is 636 g/mol. The molecule has 0 atom stereocenters. The first kappa shape index (κ1) is 31.6. The summed E-state index contributed by atoms with van der Waals surface area (Å²) in [5.74, 6) is 0.0360. The third-order valence-corrected chi connectivity index (χ3v) is 7.55. The Labute approximate surface area is 262 Å². The Bertz CT molecular complexity index is 1860. The predicted octanol–water partition coefficient (Wildman–Crippen LogP) is 7.56. The number of hydrogen-bond donors (Lipinski definition) is 1. The highest BCUT2D eigenvalue weighted by Gasteiger charge is 2.30. The van der Waals surface area contributed by atoms with Crippen molar-refractivity contribution in [3.05, 3.63) is 129 Å². The molecule has 0 saturated heterocycles. The first-order chi connectivity index (χ1) is 21.5. The number of carboxylic acids is 1. The zero-order valence-corrected chi connectivity index (χ0v) is 25.0. The summed E-state index contributed by atoms with van der Waals surface area (Å²) in [5.41, 5.74) is 2.72. The highest BCUT2D eigenvalue weighted by Crippen LogP contribution is 2.30. The lowest BCUT2D eigenvalue weighted by Crippen LogP contribution is -2.23. The minimum Gasteiger partial charge on any atom is -0.494 e. The van der Waals surface area contributed by atoms with Crippen LogP contribution in [0.1, 0.15) is 35.9 Å². The summed E-state index contributed by atoms with van der Waals surface area (Å²) in [6.45, 7) is 2.28. The van der Waals surface area contributed by atoms with E-state index in [0.29, 0.717) is 53.7 Å². The van der Waals surface area contributed by atoms with E-state index in [0.717, 1.165) is 33.5 Å². The van der Waals surface area contributed by atoms with Gasteiger partial charge in [0, 0.05) is 12.0 Å². The Morgan fingerprint density at radius 2 is 1.62 bits per heavy atom. The molecule has 0 fully saturated rings. The van der Waals surface area contributed by atoms with Gasteiger partial charge in [0.15, 0.2) is 0 Å². The SMILES string of the molecule is CCOc1ccc(-c2ccc(CCCc3nn(-c4ccc(C(F)(F)F)cc4)c(=O)n3-c3ccccc3Cl)cc2)cc1CC(=O)O. The molecule has 0 bridgehead atoms. The molecule has 5 aromatic rings. The lowest BCUT2D eigenvalue weighted by Gasteiger charge is -2.12. The summed E-state index contributed by atoms with van der Waals surface area (Å²) < 4.78 is 47.3. The van der Waals surface area contributed by atoms with Crippen molar-refractivity contribution >= 4 is 17.6 Å². The number of rotatable bonds is 11.